The highest BCUT2D eigenvalue weighted by molar-refractivity contribution is 6.12. The van der Waals surface area contributed by atoms with Crippen molar-refractivity contribution in [3.63, 3.8) is 0 Å². The fourth-order valence-corrected chi connectivity index (χ4v) is 3.25. The van der Waals surface area contributed by atoms with Crippen LogP contribution < -0.4 is 4.90 Å². The third-order valence-corrected chi connectivity index (χ3v) is 4.71. The minimum atomic E-state index is -0.704. The van der Waals surface area contributed by atoms with Crippen LogP contribution in [-0.2, 0) is 10.2 Å². The van der Waals surface area contributed by atoms with Gasteiger partial charge in [0.15, 0.2) is 0 Å². The van der Waals surface area contributed by atoms with Crippen molar-refractivity contribution in [1.82, 2.24) is 15.0 Å². The highest BCUT2D eigenvalue weighted by atomic mass is 19.1. The molecule has 0 radical (unpaired) electrons. The van der Waals surface area contributed by atoms with Gasteiger partial charge in [-0.15, -0.1) is 0 Å². The largest absolute Gasteiger partial charge is 0.278 e. The van der Waals surface area contributed by atoms with Crippen LogP contribution in [-0.4, -0.2) is 20.9 Å². The maximum absolute atomic E-state index is 13.7. The van der Waals surface area contributed by atoms with Crippen molar-refractivity contribution in [2.24, 2.45) is 0 Å². The Hall–Kier alpha value is -3.15. The van der Waals surface area contributed by atoms with Gasteiger partial charge >= 0.3 is 0 Å². The number of aromatic nitrogens is 3. The van der Waals surface area contributed by atoms with Crippen LogP contribution in [0.15, 0.2) is 49.1 Å². The van der Waals surface area contributed by atoms with Gasteiger partial charge in [0.05, 0.1) is 29.2 Å². The van der Waals surface area contributed by atoms with Crippen molar-refractivity contribution in [2.75, 3.05) is 4.90 Å². The number of hydrogen-bond donors (Lipinski definition) is 0. The lowest BCUT2D eigenvalue weighted by Gasteiger charge is -2.20. The number of carbonyl (C=O) groups is 1. The van der Waals surface area contributed by atoms with Crippen molar-refractivity contribution in [3.05, 3.63) is 66.3 Å². The number of amides is 1. The van der Waals surface area contributed by atoms with Gasteiger partial charge < -0.3 is 0 Å². The van der Waals surface area contributed by atoms with Crippen LogP contribution in [0.25, 0.3) is 11.1 Å². The second-order valence-corrected chi connectivity index (χ2v) is 6.88. The number of pyridine rings is 1. The van der Waals surface area contributed by atoms with Crippen molar-refractivity contribution < 1.29 is 9.18 Å². The van der Waals surface area contributed by atoms with Crippen molar-refractivity contribution >= 4 is 17.3 Å². The third kappa shape index (κ3) is 2.45. The first-order valence-corrected chi connectivity index (χ1v) is 8.26. The van der Waals surface area contributed by atoms with E-state index in [0.717, 1.165) is 28.6 Å². The van der Waals surface area contributed by atoms with E-state index in [2.05, 4.69) is 15.0 Å². The quantitative estimate of drug-likeness (QED) is 0.704. The van der Waals surface area contributed by atoms with Crippen LogP contribution in [0, 0.1) is 12.7 Å². The summed E-state index contributed by atoms with van der Waals surface area (Å²) in [5, 5.41) is 0. The number of fused-ring (bicyclic) bond motifs is 1. The summed E-state index contributed by atoms with van der Waals surface area (Å²) in [6, 6.07) is 7.13. The summed E-state index contributed by atoms with van der Waals surface area (Å²) in [4.78, 5) is 26.9. The zero-order valence-electron chi connectivity index (χ0n) is 14.7. The molecule has 26 heavy (non-hydrogen) atoms. The number of carbonyl (C=O) groups excluding carboxylic acids is 1. The van der Waals surface area contributed by atoms with Gasteiger partial charge in [-0.3, -0.25) is 14.7 Å². The maximum Gasteiger partial charge on any atom is 0.241 e. The van der Waals surface area contributed by atoms with Gasteiger partial charge in [-0.2, -0.15) is 0 Å². The van der Waals surface area contributed by atoms with E-state index < -0.39 is 11.2 Å². The molecular formula is C20H17FN4O. The summed E-state index contributed by atoms with van der Waals surface area (Å²) in [5.74, 6) is 0.0977. The van der Waals surface area contributed by atoms with Crippen LogP contribution in [0.2, 0.25) is 0 Å². The molecule has 0 fully saturated rings. The van der Waals surface area contributed by atoms with Gasteiger partial charge in [-0.05, 0) is 38.0 Å². The van der Waals surface area contributed by atoms with Gasteiger partial charge in [0.25, 0.3) is 0 Å². The first-order valence-electron chi connectivity index (χ1n) is 8.26. The van der Waals surface area contributed by atoms with E-state index in [1.807, 2.05) is 39.0 Å². The van der Waals surface area contributed by atoms with E-state index in [9.17, 15) is 9.18 Å². The number of nitrogens with zero attached hydrogens (tertiary/aromatic N) is 4. The molecule has 0 N–H and O–H groups in total. The minimum Gasteiger partial charge on any atom is -0.278 e. The molecule has 1 amide bonds. The van der Waals surface area contributed by atoms with Crippen LogP contribution >= 0.6 is 0 Å². The number of anilines is 2. The van der Waals surface area contributed by atoms with E-state index >= 15 is 0 Å². The summed E-state index contributed by atoms with van der Waals surface area (Å²) in [7, 11) is 0. The lowest BCUT2D eigenvalue weighted by Crippen LogP contribution is -2.33. The van der Waals surface area contributed by atoms with Gasteiger partial charge in [0.1, 0.15) is 11.6 Å². The average molecular weight is 348 g/mol. The molecule has 0 saturated carbocycles. The first-order chi connectivity index (χ1) is 12.4. The second-order valence-electron chi connectivity index (χ2n) is 6.88. The van der Waals surface area contributed by atoms with E-state index in [4.69, 9.17) is 0 Å². The highest BCUT2D eigenvalue weighted by Gasteiger charge is 2.44. The van der Waals surface area contributed by atoms with Gasteiger partial charge in [-0.25, -0.2) is 14.4 Å². The Morgan fingerprint density at radius 3 is 2.42 bits per heavy atom. The van der Waals surface area contributed by atoms with Crippen LogP contribution in [0.5, 0.6) is 0 Å². The molecule has 1 aliphatic heterocycles. The Balaban J connectivity index is 1.89. The third-order valence-electron chi connectivity index (χ3n) is 4.71. The molecule has 1 aromatic carbocycles. The standard InChI is InChI=1S/C20H17FN4O/c1-12-23-8-14(9-24-12)13-4-5-17-18(6-13)25(19(26)20(17,2)3)16-7-15(21)10-22-11-16/h4-11H,1-3H3. The molecule has 3 heterocycles. The lowest BCUT2D eigenvalue weighted by molar-refractivity contribution is -0.121. The van der Waals surface area contributed by atoms with E-state index in [1.54, 1.807) is 12.4 Å². The molecule has 6 heteroatoms. The Kier molecular flexibility index (Phi) is 3.57. The topological polar surface area (TPSA) is 59.0 Å². The molecule has 0 unspecified atom stereocenters. The van der Waals surface area contributed by atoms with E-state index in [0.29, 0.717) is 11.5 Å². The number of halogens is 1. The first kappa shape index (κ1) is 16.3. The molecule has 0 bridgehead atoms. The Morgan fingerprint density at radius 1 is 1.00 bits per heavy atom. The number of benzene rings is 1. The lowest BCUT2D eigenvalue weighted by atomic mass is 9.85. The van der Waals surface area contributed by atoms with Gasteiger partial charge in [-0.1, -0.05) is 12.1 Å². The van der Waals surface area contributed by atoms with Crippen molar-refractivity contribution in [1.29, 1.82) is 0 Å². The Labute approximate surface area is 150 Å². The molecule has 2 aromatic heterocycles. The fraction of sp³-hybridized carbons (Fsp3) is 0.200. The SMILES string of the molecule is Cc1ncc(-c2ccc3c(c2)N(c2cncc(F)c2)C(=O)C3(C)C)cn1. The molecule has 3 aromatic rings. The fourth-order valence-electron chi connectivity index (χ4n) is 3.25. The molecule has 0 aliphatic carbocycles. The van der Waals surface area contributed by atoms with E-state index in [-0.39, 0.29) is 5.91 Å². The molecule has 130 valence electrons. The highest BCUT2D eigenvalue weighted by Crippen LogP contribution is 2.46. The van der Waals surface area contributed by atoms with Crippen molar-refractivity contribution in [3.8, 4) is 11.1 Å². The zero-order valence-corrected chi connectivity index (χ0v) is 14.7. The normalized spacial score (nSPS) is 15.2. The summed E-state index contributed by atoms with van der Waals surface area (Å²) in [6.07, 6.45) is 6.12. The Bertz CT molecular complexity index is 1010. The maximum atomic E-state index is 13.7. The summed E-state index contributed by atoms with van der Waals surface area (Å²) < 4.78 is 13.7. The summed E-state index contributed by atoms with van der Waals surface area (Å²) in [5.41, 5.74) is 3.08. The molecule has 5 nitrogen and oxygen atoms in total. The predicted octanol–water partition coefficient (Wildman–Crippen LogP) is 3.94. The van der Waals surface area contributed by atoms with Crippen molar-refractivity contribution in [2.45, 2.75) is 26.2 Å². The van der Waals surface area contributed by atoms with Crippen LogP contribution in [0.3, 0.4) is 0 Å². The van der Waals surface area contributed by atoms with Gasteiger partial charge in [0.2, 0.25) is 5.91 Å². The molecule has 0 spiro atoms. The number of rotatable bonds is 2. The summed E-state index contributed by atoms with van der Waals surface area (Å²) in [6.45, 7) is 5.57. The van der Waals surface area contributed by atoms with Crippen LogP contribution in [0.1, 0.15) is 25.2 Å². The van der Waals surface area contributed by atoms with Crippen LogP contribution in [0.4, 0.5) is 15.8 Å². The number of aryl methyl sites for hydroxylation is 1. The smallest absolute Gasteiger partial charge is 0.241 e. The zero-order chi connectivity index (χ0) is 18.5. The predicted molar refractivity (Wildman–Crippen MR) is 96.6 cm³/mol. The average Bonchev–Trinajstić information content (AvgIpc) is 2.81. The Morgan fingerprint density at radius 2 is 1.73 bits per heavy atom. The second kappa shape index (κ2) is 5.69. The van der Waals surface area contributed by atoms with Gasteiger partial charge in [0, 0.05) is 24.0 Å². The molecule has 4 rings (SSSR count). The van der Waals surface area contributed by atoms with E-state index in [1.165, 1.54) is 17.2 Å². The molecule has 1 aliphatic rings. The monoisotopic (exact) mass is 348 g/mol. The molecule has 0 atom stereocenters. The molecular weight excluding hydrogens is 331 g/mol. The number of hydrogen-bond acceptors (Lipinski definition) is 4. The summed E-state index contributed by atoms with van der Waals surface area (Å²) >= 11 is 0. The minimum absolute atomic E-state index is 0.114. The molecule has 0 saturated heterocycles.